The Labute approximate surface area is 108 Å². The quantitative estimate of drug-likeness (QED) is 0.396. The van der Waals surface area contributed by atoms with Crippen LogP contribution in [0.1, 0.15) is 25.1 Å². The summed E-state index contributed by atoms with van der Waals surface area (Å²) in [5.74, 6) is 7.54. The van der Waals surface area contributed by atoms with Crippen molar-refractivity contribution in [3.05, 3.63) is 11.9 Å². The molecule has 1 aromatic rings. The molecule has 0 bridgehead atoms. The molecular formula is C12H22N6. The Morgan fingerprint density at radius 1 is 1.28 bits per heavy atom. The van der Waals surface area contributed by atoms with E-state index in [1.807, 2.05) is 13.0 Å². The fourth-order valence-corrected chi connectivity index (χ4v) is 2.26. The Hall–Kier alpha value is -1.40. The van der Waals surface area contributed by atoms with Crippen LogP contribution in [0.25, 0.3) is 0 Å². The minimum Gasteiger partial charge on any atom is -0.370 e. The van der Waals surface area contributed by atoms with Gasteiger partial charge in [0.25, 0.3) is 0 Å². The summed E-state index contributed by atoms with van der Waals surface area (Å²) in [6, 6.07) is 1.82. The average Bonchev–Trinajstić information content (AvgIpc) is 2.87. The van der Waals surface area contributed by atoms with Gasteiger partial charge in [0.2, 0.25) is 0 Å². The van der Waals surface area contributed by atoms with Crippen molar-refractivity contribution in [1.29, 1.82) is 0 Å². The molecule has 0 amide bonds. The van der Waals surface area contributed by atoms with Crippen LogP contribution < -0.4 is 16.6 Å². The molecule has 1 aliphatic rings. The summed E-state index contributed by atoms with van der Waals surface area (Å²) in [5, 5.41) is 3.31. The second-order valence-electron chi connectivity index (χ2n) is 4.66. The largest absolute Gasteiger partial charge is 0.370 e. The van der Waals surface area contributed by atoms with Crippen LogP contribution in [0.2, 0.25) is 0 Å². The molecule has 0 atom stereocenters. The van der Waals surface area contributed by atoms with E-state index in [4.69, 9.17) is 5.84 Å². The van der Waals surface area contributed by atoms with E-state index in [-0.39, 0.29) is 0 Å². The van der Waals surface area contributed by atoms with E-state index in [0.717, 1.165) is 18.8 Å². The Morgan fingerprint density at radius 2 is 2.00 bits per heavy atom. The second kappa shape index (κ2) is 6.51. The van der Waals surface area contributed by atoms with Crippen LogP contribution in [-0.2, 0) is 0 Å². The Bertz CT molecular complexity index is 375. The lowest BCUT2D eigenvalue weighted by molar-refractivity contribution is 0.337. The molecule has 0 aromatic carbocycles. The molecule has 4 N–H and O–H groups in total. The van der Waals surface area contributed by atoms with E-state index in [1.54, 1.807) is 0 Å². The number of likely N-dealkylation sites (tertiary alicyclic amines) is 1. The first-order valence-electron chi connectivity index (χ1n) is 6.56. The number of hydrogen-bond donors (Lipinski definition) is 3. The lowest BCUT2D eigenvalue weighted by Crippen LogP contribution is -2.22. The van der Waals surface area contributed by atoms with Crippen LogP contribution in [-0.4, -0.2) is 41.0 Å². The highest BCUT2D eigenvalue weighted by Crippen LogP contribution is 2.10. The molecule has 6 nitrogen and oxygen atoms in total. The van der Waals surface area contributed by atoms with Crippen LogP contribution >= 0.6 is 0 Å². The highest BCUT2D eigenvalue weighted by atomic mass is 15.3. The third-order valence-electron chi connectivity index (χ3n) is 3.14. The Balaban J connectivity index is 1.73. The van der Waals surface area contributed by atoms with Crippen LogP contribution in [0.4, 0.5) is 11.6 Å². The second-order valence-corrected chi connectivity index (χ2v) is 4.66. The maximum absolute atomic E-state index is 5.35. The van der Waals surface area contributed by atoms with Gasteiger partial charge < -0.3 is 15.6 Å². The highest BCUT2D eigenvalue weighted by molar-refractivity contribution is 5.46. The number of hydrazine groups is 1. The number of nitrogens with one attached hydrogen (secondary N) is 2. The van der Waals surface area contributed by atoms with Crippen LogP contribution in [0.5, 0.6) is 0 Å². The van der Waals surface area contributed by atoms with E-state index in [2.05, 4.69) is 25.6 Å². The van der Waals surface area contributed by atoms with Gasteiger partial charge in [-0.15, -0.1) is 0 Å². The molecule has 1 aliphatic heterocycles. The predicted molar refractivity (Wildman–Crippen MR) is 73.4 cm³/mol. The van der Waals surface area contributed by atoms with Gasteiger partial charge in [-0.05, 0) is 45.8 Å². The van der Waals surface area contributed by atoms with Gasteiger partial charge in [0, 0.05) is 12.6 Å². The molecule has 1 saturated heterocycles. The average molecular weight is 250 g/mol. The van der Waals surface area contributed by atoms with Gasteiger partial charge >= 0.3 is 0 Å². The number of nitrogens with zero attached hydrogens (tertiary/aromatic N) is 3. The zero-order chi connectivity index (χ0) is 12.8. The molecule has 2 heterocycles. The van der Waals surface area contributed by atoms with Crippen molar-refractivity contribution in [3.63, 3.8) is 0 Å². The van der Waals surface area contributed by atoms with Crippen molar-refractivity contribution >= 4 is 11.6 Å². The number of hydrogen-bond acceptors (Lipinski definition) is 6. The maximum Gasteiger partial charge on any atom is 0.145 e. The van der Waals surface area contributed by atoms with Gasteiger partial charge in [0.1, 0.15) is 17.5 Å². The lowest BCUT2D eigenvalue weighted by atomic mass is 10.4. The highest BCUT2D eigenvalue weighted by Gasteiger charge is 2.10. The molecule has 18 heavy (non-hydrogen) atoms. The molecule has 2 rings (SSSR count). The summed E-state index contributed by atoms with van der Waals surface area (Å²) in [7, 11) is 0. The Morgan fingerprint density at radius 3 is 2.72 bits per heavy atom. The molecule has 6 heteroatoms. The van der Waals surface area contributed by atoms with Crippen molar-refractivity contribution in [2.24, 2.45) is 5.84 Å². The summed E-state index contributed by atoms with van der Waals surface area (Å²) >= 11 is 0. The fraction of sp³-hybridized carbons (Fsp3) is 0.667. The summed E-state index contributed by atoms with van der Waals surface area (Å²) in [6.07, 6.45) is 3.84. The van der Waals surface area contributed by atoms with E-state index in [0.29, 0.717) is 11.6 Å². The maximum atomic E-state index is 5.35. The van der Waals surface area contributed by atoms with Gasteiger partial charge in [-0.25, -0.2) is 15.8 Å². The van der Waals surface area contributed by atoms with Gasteiger partial charge in [0.05, 0.1) is 0 Å². The molecule has 1 fully saturated rings. The van der Waals surface area contributed by atoms with Crippen LogP contribution in [0, 0.1) is 6.92 Å². The molecule has 0 unspecified atom stereocenters. The minimum atomic E-state index is 0.643. The van der Waals surface area contributed by atoms with Gasteiger partial charge in [-0.1, -0.05) is 0 Å². The summed E-state index contributed by atoms with van der Waals surface area (Å²) in [5.41, 5.74) is 2.54. The SMILES string of the molecule is Cc1nc(NN)cc(NCCCN2CCCC2)n1. The Kier molecular flexibility index (Phi) is 4.72. The number of anilines is 2. The zero-order valence-electron chi connectivity index (χ0n) is 10.9. The monoisotopic (exact) mass is 250 g/mol. The first kappa shape index (κ1) is 13.0. The van der Waals surface area contributed by atoms with E-state index < -0.39 is 0 Å². The number of nitrogens with two attached hydrogens (primary N) is 1. The number of rotatable bonds is 6. The van der Waals surface area contributed by atoms with Crippen molar-refractivity contribution in [2.45, 2.75) is 26.2 Å². The van der Waals surface area contributed by atoms with Gasteiger partial charge in [-0.3, -0.25) is 0 Å². The van der Waals surface area contributed by atoms with Crippen molar-refractivity contribution in [1.82, 2.24) is 14.9 Å². The topological polar surface area (TPSA) is 79.1 Å². The standard InChI is InChI=1S/C12H22N6/c1-10-15-11(9-12(16-10)17-13)14-5-4-8-18-6-2-3-7-18/h9H,2-8,13H2,1H3,(H2,14,15,16,17). The number of nitrogen functional groups attached to an aromatic ring is 1. The number of aromatic nitrogens is 2. The normalized spacial score (nSPS) is 15.9. The third kappa shape index (κ3) is 3.82. The fourth-order valence-electron chi connectivity index (χ4n) is 2.26. The van der Waals surface area contributed by atoms with Crippen LogP contribution in [0.15, 0.2) is 6.07 Å². The third-order valence-corrected chi connectivity index (χ3v) is 3.14. The first-order chi connectivity index (χ1) is 8.78. The van der Waals surface area contributed by atoms with Gasteiger partial charge in [-0.2, -0.15) is 0 Å². The van der Waals surface area contributed by atoms with Crippen molar-refractivity contribution < 1.29 is 0 Å². The van der Waals surface area contributed by atoms with Crippen LogP contribution in [0.3, 0.4) is 0 Å². The molecular weight excluding hydrogens is 228 g/mol. The zero-order valence-corrected chi connectivity index (χ0v) is 10.9. The summed E-state index contributed by atoms with van der Waals surface area (Å²) in [4.78, 5) is 11.0. The molecule has 0 saturated carbocycles. The molecule has 1 aromatic heterocycles. The number of aryl methyl sites for hydroxylation is 1. The van der Waals surface area contributed by atoms with E-state index >= 15 is 0 Å². The summed E-state index contributed by atoms with van der Waals surface area (Å²) in [6.45, 7) is 6.47. The lowest BCUT2D eigenvalue weighted by Gasteiger charge is -2.14. The van der Waals surface area contributed by atoms with Crippen molar-refractivity contribution in [2.75, 3.05) is 36.9 Å². The summed E-state index contributed by atoms with van der Waals surface area (Å²) < 4.78 is 0. The molecule has 0 radical (unpaired) electrons. The molecule has 0 spiro atoms. The minimum absolute atomic E-state index is 0.643. The van der Waals surface area contributed by atoms with E-state index in [9.17, 15) is 0 Å². The molecule has 100 valence electrons. The smallest absolute Gasteiger partial charge is 0.145 e. The van der Waals surface area contributed by atoms with Gasteiger partial charge in [0.15, 0.2) is 0 Å². The molecule has 0 aliphatic carbocycles. The van der Waals surface area contributed by atoms with Crippen molar-refractivity contribution in [3.8, 4) is 0 Å². The van der Waals surface area contributed by atoms with E-state index in [1.165, 1.54) is 32.5 Å². The first-order valence-corrected chi connectivity index (χ1v) is 6.56. The predicted octanol–water partition coefficient (Wildman–Crippen LogP) is 0.968.